The summed E-state index contributed by atoms with van der Waals surface area (Å²) in [6.07, 6.45) is 9.04. The molecule has 2 rings (SSSR count). The van der Waals surface area contributed by atoms with E-state index >= 15 is 0 Å². The summed E-state index contributed by atoms with van der Waals surface area (Å²) >= 11 is 1.76. The van der Waals surface area contributed by atoms with E-state index in [4.69, 9.17) is 10.5 Å². The SMILES string of the molecule is COC(C(N)CCc1ccsc1)C1CCCCC1. The van der Waals surface area contributed by atoms with Gasteiger partial charge in [0.15, 0.2) is 0 Å². The van der Waals surface area contributed by atoms with E-state index in [-0.39, 0.29) is 12.1 Å². The van der Waals surface area contributed by atoms with Gasteiger partial charge in [-0.05, 0) is 54.0 Å². The van der Waals surface area contributed by atoms with Crippen LogP contribution < -0.4 is 5.73 Å². The zero-order chi connectivity index (χ0) is 12.8. The molecule has 2 unspecified atom stereocenters. The first kappa shape index (κ1) is 14.0. The summed E-state index contributed by atoms with van der Waals surface area (Å²) in [5.74, 6) is 0.682. The molecule has 3 heteroatoms. The molecule has 0 saturated heterocycles. The molecule has 1 saturated carbocycles. The van der Waals surface area contributed by atoms with Gasteiger partial charge in [-0.1, -0.05) is 19.3 Å². The fourth-order valence-corrected chi connectivity index (χ4v) is 3.82. The summed E-state index contributed by atoms with van der Waals surface area (Å²) in [6.45, 7) is 0. The molecule has 0 radical (unpaired) electrons. The lowest BCUT2D eigenvalue weighted by Gasteiger charge is -2.33. The Morgan fingerprint density at radius 2 is 2.17 bits per heavy atom. The largest absolute Gasteiger partial charge is 0.380 e. The number of ether oxygens (including phenoxy) is 1. The molecule has 1 aromatic heterocycles. The fraction of sp³-hybridized carbons (Fsp3) is 0.733. The van der Waals surface area contributed by atoms with Crippen molar-refractivity contribution in [2.45, 2.75) is 57.1 Å². The summed E-state index contributed by atoms with van der Waals surface area (Å²) in [5.41, 5.74) is 7.77. The maximum atomic E-state index is 6.35. The molecule has 1 heterocycles. The molecular weight excluding hydrogens is 242 g/mol. The van der Waals surface area contributed by atoms with Crippen molar-refractivity contribution >= 4 is 11.3 Å². The Morgan fingerprint density at radius 1 is 1.39 bits per heavy atom. The lowest BCUT2D eigenvalue weighted by atomic mass is 9.81. The van der Waals surface area contributed by atoms with Crippen LogP contribution in [0.5, 0.6) is 0 Å². The highest BCUT2D eigenvalue weighted by molar-refractivity contribution is 7.07. The van der Waals surface area contributed by atoms with Crippen LogP contribution in [0.25, 0.3) is 0 Å². The Balaban J connectivity index is 1.82. The van der Waals surface area contributed by atoms with Gasteiger partial charge >= 0.3 is 0 Å². The Kier molecular flexibility index (Phi) is 5.67. The second kappa shape index (κ2) is 7.27. The van der Waals surface area contributed by atoms with Crippen LogP contribution in [-0.4, -0.2) is 19.3 Å². The van der Waals surface area contributed by atoms with Crippen LogP contribution in [0.1, 0.15) is 44.1 Å². The van der Waals surface area contributed by atoms with Gasteiger partial charge in [0.05, 0.1) is 6.10 Å². The molecule has 102 valence electrons. The van der Waals surface area contributed by atoms with Gasteiger partial charge in [0.25, 0.3) is 0 Å². The third-order valence-electron chi connectivity index (χ3n) is 4.16. The highest BCUT2D eigenvalue weighted by Crippen LogP contribution is 2.29. The second-order valence-corrected chi connectivity index (χ2v) is 6.21. The van der Waals surface area contributed by atoms with E-state index in [1.54, 1.807) is 11.3 Å². The van der Waals surface area contributed by atoms with Crippen molar-refractivity contribution < 1.29 is 4.74 Å². The van der Waals surface area contributed by atoms with E-state index in [0.717, 1.165) is 12.8 Å². The summed E-state index contributed by atoms with van der Waals surface area (Å²) in [7, 11) is 1.82. The van der Waals surface area contributed by atoms with E-state index in [2.05, 4.69) is 16.8 Å². The Labute approximate surface area is 115 Å². The van der Waals surface area contributed by atoms with E-state index in [1.807, 2.05) is 7.11 Å². The van der Waals surface area contributed by atoms with Gasteiger partial charge < -0.3 is 10.5 Å². The lowest BCUT2D eigenvalue weighted by Crippen LogP contribution is -2.42. The third kappa shape index (κ3) is 3.81. The highest BCUT2D eigenvalue weighted by atomic mass is 32.1. The van der Waals surface area contributed by atoms with Crippen LogP contribution in [0.4, 0.5) is 0 Å². The monoisotopic (exact) mass is 267 g/mol. The fourth-order valence-electron chi connectivity index (χ4n) is 3.11. The number of methoxy groups -OCH3 is 1. The van der Waals surface area contributed by atoms with Crippen molar-refractivity contribution in [2.75, 3.05) is 7.11 Å². The van der Waals surface area contributed by atoms with Crippen molar-refractivity contribution in [1.82, 2.24) is 0 Å². The molecule has 2 atom stereocenters. The smallest absolute Gasteiger partial charge is 0.0750 e. The van der Waals surface area contributed by atoms with Gasteiger partial charge in [-0.3, -0.25) is 0 Å². The van der Waals surface area contributed by atoms with Crippen molar-refractivity contribution in [2.24, 2.45) is 11.7 Å². The maximum absolute atomic E-state index is 6.35. The van der Waals surface area contributed by atoms with Crippen LogP contribution in [0.2, 0.25) is 0 Å². The van der Waals surface area contributed by atoms with Gasteiger partial charge in [-0.2, -0.15) is 11.3 Å². The average Bonchev–Trinajstić information content (AvgIpc) is 2.92. The molecular formula is C15H25NOS. The standard InChI is InChI=1S/C15H25NOS/c1-17-15(13-5-3-2-4-6-13)14(16)8-7-12-9-10-18-11-12/h9-11,13-15H,2-8,16H2,1H3. The quantitative estimate of drug-likeness (QED) is 0.854. The van der Waals surface area contributed by atoms with Crippen molar-refractivity contribution in [3.63, 3.8) is 0 Å². The predicted molar refractivity (Wildman–Crippen MR) is 78.0 cm³/mol. The number of rotatable bonds is 6. The van der Waals surface area contributed by atoms with Gasteiger partial charge in [0, 0.05) is 13.2 Å². The average molecular weight is 267 g/mol. The van der Waals surface area contributed by atoms with Crippen LogP contribution in [-0.2, 0) is 11.2 Å². The first-order valence-corrected chi connectivity index (χ1v) is 8.05. The van der Waals surface area contributed by atoms with Gasteiger partial charge in [0.2, 0.25) is 0 Å². The number of thiophene rings is 1. The summed E-state index contributed by atoms with van der Waals surface area (Å²) in [5, 5.41) is 4.35. The van der Waals surface area contributed by atoms with Crippen LogP contribution >= 0.6 is 11.3 Å². The Morgan fingerprint density at radius 3 is 2.78 bits per heavy atom. The minimum atomic E-state index is 0.179. The molecule has 2 nitrogen and oxygen atoms in total. The van der Waals surface area contributed by atoms with E-state index < -0.39 is 0 Å². The molecule has 0 aromatic carbocycles. The molecule has 1 aromatic rings. The third-order valence-corrected chi connectivity index (χ3v) is 4.89. The zero-order valence-corrected chi connectivity index (χ0v) is 12.1. The van der Waals surface area contributed by atoms with Gasteiger partial charge in [0.1, 0.15) is 0 Å². The van der Waals surface area contributed by atoms with Gasteiger partial charge in [-0.15, -0.1) is 0 Å². The van der Waals surface area contributed by atoms with E-state index in [9.17, 15) is 0 Å². The molecule has 1 fully saturated rings. The second-order valence-electron chi connectivity index (χ2n) is 5.43. The number of nitrogens with two attached hydrogens (primary N) is 1. The Bertz CT molecular complexity index is 319. The predicted octanol–water partition coefficient (Wildman–Crippen LogP) is 3.60. The van der Waals surface area contributed by atoms with Crippen molar-refractivity contribution in [1.29, 1.82) is 0 Å². The molecule has 0 amide bonds. The molecule has 18 heavy (non-hydrogen) atoms. The molecule has 1 aliphatic carbocycles. The van der Waals surface area contributed by atoms with E-state index in [1.165, 1.54) is 37.7 Å². The molecule has 1 aliphatic rings. The topological polar surface area (TPSA) is 35.2 Å². The number of aryl methyl sites for hydroxylation is 1. The lowest BCUT2D eigenvalue weighted by molar-refractivity contribution is 0.0160. The van der Waals surface area contributed by atoms with Gasteiger partial charge in [-0.25, -0.2) is 0 Å². The van der Waals surface area contributed by atoms with Crippen molar-refractivity contribution in [3.8, 4) is 0 Å². The maximum Gasteiger partial charge on any atom is 0.0750 e. The molecule has 0 aliphatic heterocycles. The minimum Gasteiger partial charge on any atom is -0.380 e. The van der Waals surface area contributed by atoms with Crippen LogP contribution in [0.15, 0.2) is 16.8 Å². The van der Waals surface area contributed by atoms with Crippen LogP contribution in [0.3, 0.4) is 0 Å². The summed E-state index contributed by atoms with van der Waals surface area (Å²) < 4.78 is 5.70. The van der Waals surface area contributed by atoms with Crippen LogP contribution in [0, 0.1) is 5.92 Å². The minimum absolute atomic E-state index is 0.179. The highest BCUT2D eigenvalue weighted by Gasteiger charge is 2.28. The van der Waals surface area contributed by atoms with E-state index in [0.29, 0.717) is 5.92 Å². The first-order valence-electron chi connectivity index (χ1n) is 7.10. The van der Waals surface area contributed by atoms with Crippen molar-refractivity contribution in [3.05, 3.63) is 22.4 Å². The normalized spacial score (nSPS) is 20.8. The molecule has 0 spiro atoms. The Hall–Kier alpha value is -0.380. The summed E-state index contributed by atoms with van der Waals surface area (Å²) in [4.78, 5) is 0. The number of hydrogen-bond acceptors (Lipinski definition) is 3. The molecule has 2 N–H and O–H groups in total. The zero-order valence-electron chi connectivity index (χ0n) is 11.3. The molecule has 0 bridgehead atoms. The number of hydrogen-bond donors (Lipinski definition) is 1. The summed E-state index contributed by atoms with van der Waals surface area (Å²) in [6, 6.07) is 2.37. The first-order chi connectivity index (χ1) is 8.81.